The van der Waals surface area contributed by atoms with Crippen molar-refractivity contribution in [3.05, 3.63) is 42.0 Å². The van der Waals surface area contributed by atoms with Gasteiger partial charge in [0.2, 0.25) is 5.91 Å². The second-order valence-corrected chi connectivity index (χ2v) is 8.76. The summed E-state index contributed by atoms with van der Waals surface area (Å²) >= 11 is 0. The van der Waals surface area contributed by atoms with Crippen molar-refractivity contribution in [2.45, 2.75) is 58.7 Å². The zero-order valence-corrected chi connectivity index (χ0v) is 18.5. The van der Waals surface area contributed by atoms with Gasteiger partial charge in [0.05, 0.1) is 0 Å². The number of carbonyl (C=O) groups is 3. The first-order chi connectivity index (χ1) is 13.8. The van der Waals surface area contributed by atoms with E-state index in [9.17, 15) is 14.4 Å². The lowest BCUT2D eigenvalue weighted by Crippen LogP contribution is -2.49. The van der Waals surface area contributed by atoms with Gasteiger partial charge in [-0.25, -0.2) is 4.79 Å². The molecule has 162 valence electrons. The highest BCUT2D eigenvalue weighted by molar-refractivity contribution is 5.92. The van der Waals surface area contributed by atoms with E-state index in [0.29, 0.717) is 5.56 Å². The molecule has 0 aromatic heterocycles. The van der Waals surface area contributed by atoms with Crippen molar-refractivity contribution in [3.8, 4) is 12.5 Å². The van der Waals surface area contributed by atoms with Crippen molar-refractivity contribution in [3.63, 3.8) is 0 Å². The lowest BCUT2D eigenvalue weighted by molar-refractivity contribution is -0.137. The molecule has 0 spiro atoms. The number of nitrogens with one attached hydrogen (secondary N) is 2. The van der Waals surface area contributed by atoms with Crippen LogP contribution in [-0.2, 0) is 14.3 Å². The van der Waals surface area contributed by atoms with Crippen molar-refractivity contribution < 1.29 is 19.1 Å². The Hall–Kier alpha value is -3.27. The summed E-state index contributed by atoms with van der Waals surface area (Å²) in [4.78, 5) is 38.7. The van der Waals surface area contributed by atoms with Gasteiger partial charge in [-0.3, -0.25) is 14.5 Å². The highest BCUT2D eigenvalue weighted by atomic mass is 16.6. The maximum Gasteiger partial charge on any atom is 0.408 e. The standard InChI is InChI=1S/C23H31N3O4/c1-9-16-12-11-13-17(14-16)19(20(28)25-22(3,4)5)26(10-2)18(27)15-24-21(29)30-23(6,7)8/h2,9,11-14,19H,1,15H2,3-8H3,(H,24,29)(H,25,28). The Labute approximate surface area is 178 Å². The molecule has 1 unspecified atom stereocenters. The van der Waals surface area contributed by atoms with Crippen molar-refractivity contribution in [2.24, 2.45) is 0 Å². The second kappa shape index (κ2) is 9.97. The minimum atomic E-state index is -1.08. The van der Waals surface area contributed by atoms with E-state index in [2.05, 4.69) is 23.3 Å². The van der Waals surface area contributed by atoms with Gasteiger partial charge in [0.15, 0.2) is 0 Å². The predicted molar refractivity (Wildman–Crippen MR) is 117 cm³/mol. The van der Waals surface area contributed by atoms with Gasteiger partial charge in [-0.15, -0.1) is 0 Å². The smallest absolute Gasteiger partial charge is 0.408 e. The monoisotopic (exact) mass is 413 g/mol. The Balaban J connectivity index is 3.17. The van der Waals surface area contributed by atoms with Crippen LogP contribution in [0.5, 0.6) is 0 Å². The average Bonchev–Trinajstić information content (AvgIpc) is 2.61. The molecule has 1 rings (SSSR count). The zero-order valence-electron chi connectivity index (χ0n) is 18.5. The van der Waals surface area contributed by atoms with E-state index in [-0.39, 0.29) is 0 Å². The van der Waals surface area contributed by atoms with Gasteiger partial charge in [0, 0.05) is 11.6 Å². The zero-order chi connectivity index (χ0) is 23.1. The third kappa shape index (κ3) is 8.00. The third-order valence-corrected chi connectivity index (χ3v) is 3.66. The quantitative estimate of drug-likeness (QED) is 0.554. The van der Waals surface area contributed by atoms with E-state index in [1.807, 2.05) is 26.8 Å². The first kappa shape index (κ1) is 24.8. The summed E-state index contributed by atoms with van der Waals surface area (Å²) < 4.78 is 5.13. The molecule has 0 aliphatic rings. The molecular weight excluding hydrogens is 382 g/mol. The SMILES string of the molecule is C#CN(C(=O)CNC(=O)OC(C)(C)C)C(C(=O)NC(C)(C)C)c1cccc(C=C)c1. The van der Waals surface area contributed by atoms with Crippen molar-refractivity contribution in [1.29, 1.82) is 0 Å². The highest BCUT2D eigenvalue weighted by Crippen LogP contribution is 2.23. The fourth-order valence-electron chi connectivity index (χ4n) is 2.55. The number of ether oxygens (including phenoxy) is 1. The number of alkyl carbamates (subject to hydrolysis) is 1. The van der Waals surface area contributed by atoms with Crippen LogP contribution in [0.25, 0.3) is 6.08 Å². The lowest BCUT2D eigenvalue weighted by atomic mass is 10.00. The molecule has 30 heavy (non-hydrogen) atoms. The van der Waals surface area contributed by atoms with Crippen molar-refractivity contribution >= 4 is 24.0 Å². The maximum atomic E-state index is 13.1. The van der Waals surface area contributed by atoms with E-state index in [4.69, 9.17) is 11.2 Å². The molecule has 7 nitrogen and oxygen atoms in total. The molecule has 0 saturated heterocycles. The molecule has 0 bridgehead atoms. The van der Waals surface area contributed by atoms with Gasteiger partial charge in [-0.05, 0) is 58.7 Å². The van der Waals surface area contributed by atoms with Gasteiger partial charge in [0.1, 0.15) is 18.2 Å². The topological polar surface area (TPSA) is 87.7 Å². The Kier molecular flexibility index (Phi) is 8.23. The molecule has 1 atom stereocenters. The summed E-state index contributed by atoms with van der Waals surface area (Å²) in [6, 6.07) is 8.21. The van der Waals surface area contributed by atoms with Crippen LogP contribution in [-0.4, -0.2) is 40.5 Å². The van der Waals surface area contributed by atoms with Crippen LogP contribution in [0, 0.1) is 12.5 Å². The summed E-state index contributed by atoms with van der Waals surface area (Å²) in [5.74, 6) is -1.06. The van der Waals surface area contributed by atoms with Gasteiger partial charge >= 0.3 is 6.09 Å². The summed E-state index contributed by atoms with van der Waals surface area (Å²) in [6.07, 6.45) is 6.48. The molecule has 0 saturated carbocycles. The largest absolute Gasteiger partial charge is 0.444 e. The number of nitrogens with zero attached hydrogens (tertiary/aromatic N) is 1. The molecule has 0 heterocycles. The molecule has 0 fully saturated rings. The Morgan fingerprint density at radius 3 is 2.37 bits per heavy atom. The van der Waals surface area contributed by atoms with Crippen LogP contribution in [0.1, 0.15) is 58.7 Å². The maximum absolute atomic E-state index is 13.1. The van der Waals surface area contributed by atoms with Crippen LogP contribution < -0.4 is 10.6 Å². The summed E-state index contributed by atoms with van der Waals surface area (Å²) in [7, 11) is 0. The van der Waals surface area contributed by atoms with Crippen LogP contribution in [0.4, 0.5) is 4.79 Å². The number of rotatable bonds is 6. The number of amides is 3. The molecule has 1 aromatic carbocycles. The van der Waals surface area contributed by atoms with E-state index >= 15 is 0 Å². The van der Waals surface area contributed by atoms with Crippen LogP contribution in [0.15, 0.2) is 30.8 Å². The molecule has 7 heteroatoms. The van der Waals surface area contributed by atoms with Gasteiger partial charge in [0.25, 0.3) is 5.91 Å². The van der Waals surface area contributed by atoms with Gasteiger partial charge in [-0.2, -0.15) is 0 Å². The molecule has 0 aliphatic heterocycles. The lowest BCUT2D eigenvalue weighted by Gasteiger charge is -2.30. The summed E-state index contributed by atoms with van der Waals surface area (Å²) in [5, 5.41) is 5.23. The molecular formula is C23H31N3O4. The van der Waals surface area contributed by atoms with Crippen LogP contribution in [0.2, 0.25) is 0 Å². The Morgan fingerprint density at radius 2 is 1.87 bits per heavy atom. The second-order valence-electron chi connectivity index (χ2n) is 8.76. The first-order valence-electron chi connectivity index (χ1n) is 9.57. The van der Waals surface area contributed by atoms with E-state index in [1.165, 1.54) is 0 Å². The average molecular weight is 414 g/mol. The number of carbonyl (C=O) groups excluding carboxylic acids is 3. The number of hydrogen-bond acceptors (Lipinski definition) is 4. The van der Waals surface area contributed by atoms with Gasteiger partial charge < -0.3 is 15.4 Å². The van der Waals surface area contributed by atoms with Crippen LogP contribution >= 0.6 is 0 Å². The van der Waals surface area contributed by atoms with E-state index in [0.717, 1.165) is 10.5 Å². The first-order valence-corrected chi connectivity index (χ1v) is 9.57. The molecule has 2 N–H and O–H groups in total. The van der Waals surface area contributed by atoms with Gasteiger partial charge in [-0.1, -0.05) is 37.3 Å². The van der Waals surface area contributed by atoms with Crippen LogP contribution in [0.3, 0.4) is 0 Å². The normalized spacial score (nSPS) is 12.2. The highest BCUT2D eigenvalue weighted by Gasteiger charge is 2.33. The summed E-state index contributed by atoms with van der Waals surface area (Å²) in [6.45, 7) is 13.9. The minimum absolute atomic E-state index is 0.417. The minimum Gasteiger partial charge on any atom is -0.444 e. The summed E-state index contributed by atoms with van der Waals surface area (Å²) in [5.41, 5.74) is 0.0536. The number of terminal acetylenes is 1. The predicted octanol–water partition coefficient (Wildman–Crippen LogP) is 3.23. The van der Waals surface area contributed by atoms with E-state index in [1.54, 1.807) is 45.0 Å². The fourth-order valence-corrected chi connectivity index (χ4v) is 2.55. The fraction of sp³-hybridized carbons (Fsp3) is 0.435. The van der Waals surface area contributed by atoms with E-state index < -0.39 is 41.6 Å². The number of hydrogen-bond donors (Lipinski definition) is 2. The molecule has 1 aromatic rings. The van der Waals surface area contributed by atoms with Crippen molar-refractivity contribution in [2.75, 3.05) is 6.54 Å². The third-order valence-electron chi connectivity index (χ3n) is 3.66. The molecule has 0 aliphatic carbocycles. The molecule has 3 amide bonds. The number of benzene rings is 1. The van der Waals surface area contributed by atoms with Crippen molar-refractivity contribution in [1.82, 2.24) is 15.5 Å². The molecule has 0 radical (unpaired) electrons. The Bertz CT molecular complexity index is 841. The Morgan fingerprint density at radius 1 is 1.23 bits per heavy atom.